The molecule has 3 nitrogen and oxygen atoms in total. The molecule has 1 aliphatic rings. The predicted octanol–water partition coefficient (Wildman–Crippen LogP) is 2.23. The monoisotopic (exact) mass is 199 g/mol. The Bertz CT molecular complexity index is 306. The Morgan fingerprint density at radius 3 is 3.15 bits per heavy atom. The summed E-state index contributed by atoms with van der Waals surface area (Å²) in [5.74, 6) is 2.24. The summed E-state index contributed by atoms with van der Waals surface area (Å²) in [5, 5.41) is 4.01. The number of anilines is 1. The Balaban J connectivity index is 2.22. The number of fused-ring (bicyclic) bond motifs is 1. The number of nitrogens with zero attached hydrogens (tertiary/aromatic N) is 2. The van der Waals surface area contributed by atoms with Gasteiger partial charge in [-0.15, -0.1) is 0 Å². The fourth-order valence-corrected chi connectivity index (χ4v) is 1.84. The second-order valence-corrected chi connectivity index (χ2v) is 4.29. The van der Waals surface area contributed by atoms with Crippen molar-refractivity contribution in [1.82, 2.24) is 9.55 Å². The van der Waals surface area contributed by atoms with Gasteiger partial charge in [0.05, 0.1) is 6.20 Å². The van der Waals surface area contributed by atoms with Gasteiger partial charge in [0.1, 0.15) is 5.15 Å². The predicted molar refractivity (Wildman–Crippen MR) is 54.1 cm³/mol. The van der Waals surface area contributed by atoms with Crippen molar-refractivity contribution in [3.05, 3.63) is 11.3 Å². The van der Waals surface area contributed by atoms with Crippen molar-refractivity contribution in [2.75, 3.05) is 11.9 Å². The van der Waals surface area contributed by atoms with Crippen LogP contribution in [0.15, 0.2) is 6.20 Å². The zero-order chi connectivity index (χ0) is 9.42. The van der Waals surface area contributed by atoms with E-state index < -0.39 is 0 Å². The highest BCUT2D eigenvalue weighted by Crippen LogP contribution is 2.25. The highest BCUT2D eigenvalue weighted by Gasteiger charge is 2.22. The zero-order valence-electron chi connectivity index (χ0n) is 7.92. The normalized spacial score (nSPS) is 21.4. The molecule has 0 fully saturated rings. The molecule has 1 aliphatic heterocycles. The van der Waals surface area contributed by atoms with Gasteiger partial charge in [0.25, 0.3) is 0 Å². The van der Waals surface area contributed by atoms with Crippen LogP contribution in [-0.2, 0) is 6.54 Å². The van der Waals surface area contributed by atoms with Gasteiger partial charge in [-0.1, -0.05) is 25.4 Å². The smallest absolute Gasteiger partial charge is 0.203 e. The molecule has 0 amide bonds. The summed E-state index contributed by atoms with van der Waals surface area (Å²) in [5.41, 5.74) is 0. The first-order chi connectivity index (χ1) is 6.18. The molecular weight excluding hydrogens is 186 g/mol. The highest BCUT2D eigenvalue weighted by atomic mass is 35.5. The van der Waals surface area contributed by atoms with Crippen molar-refractivity contribution in [3.8, 4) is 0 Å². The molecule has 1 atom stereocenters. The van der Waals surface area contributed by atoms with Crippen LogP contribution >= 0.6 is 11.6 Å². The Kier molecular flexibility index (Phi) is 2.20. The summed E-state index contributed by atoms with van der Waals surface area (Å²) in [6.45, 7) is 6.47. The zero-order valence-corrected chi connectivity index (χ0v) is 8.67. The quantitative estimate of drug-likeness (QED) is 0.752. The van der Waals surface area contributed by atoms with Crippen LogP contribution in [0.25, 0.3) is 0 Å². The number of hydrogen-bond donors (Lipinski definition) is 1. The summed E-state index contributed by atoms with van der Waals surface area (Å²) in [6, 6.07) is 0. The van der Waals surface area contributed by atoms with Crippen molar-refractivity contribution in [1.29, 1.82) is 0 Å². The highest BCUT2D eigenvalue weighted by molar-refractivity contribution is 6.29. The summed E-state index contributed by atoms with van der Waals surface area (Å²) in [7, 11) is 0. The van der Waals surface area contributed by atoms with Gasteiger partial charge in [-0.3, -0.25) is 0 Å². The number of hydrogen-bond acceptors (Lipinski definition) is 2. The standard InChI is InChI=1S/C9H14ClN3/c1-6(2)7-3-11-9-12-4-8(10)13(9)5-7/h4,6-7H,3,5H2,1-2H3,(H,11,12). The SMILES string of the molecule is CC(C)C1CNc2ncc(Cl)n2C1. The van der Waals surface area contributed by atoms with Gasteiger partial charge >= 0.3 is 0 Å². The third-order valence-electron chi connectivity index (χ3n) is 2.69. The van der Waals surface area contributed by atoms with Crippen LogP contribution in [0.3, 0.4) is 0 Å². The van der Waals surface area contributed by atoms with Crippen LogP contribution in [0.1, 0.15) is 13.8 Å². The van der Waals surface area contributed by atoms with Crippen LogP contribution in [0.5, 0.6) is 0 Å². The van der Waals surface area contributed by atoms with E-state index in [0.29, 0.717) is 11.8 Å². The topological polar surface area (TPSA) is 29.9 Å². The van der Waals surface area contributed by atoms with Crippen molar-refractivity contribution < 1.29 is 0 Å². The van der Waals surface area contributed by atoms with Gasteiger partial charge < -0.3 is 9.88 Å². The van der Waals surface area contributed by atoms with Gasteiger partial charge in [-0.05, 0) is 11.8 Å². The molecule has 1 aromatic rings. The first-order valence-corrected chi connectivity index (χ1v) is 5.01. The van der Waals surface area contributed by atoms with E-state index in [1.54, 1.807) is 6.20 Å². The average Bonchev–Trinajstić information content (AvgIpc) is 2.47. The lowest BCUT2D eigenvalue weighted by Gasteiger charge is -2.28. The van der Waals surface area contributed by atoms with Crippen molar-refractivity contribution in [3.63, 3.8) is 0 Å². The van der Waals surface area contributed by atoms with Gasteiger partial charge in [0.15, 0.2) is 0 Å². The van der Waals surface area contributed by atoms with Gasteiger partial charge in [-0.2, -0.15) is 0 Å². The van der Waals surface area contributed by atoms with Crippen molar-refractivity contribution in [2.45, 2.75) is 20.4 Å². The second-order valence-electron chi connectivity index (χ2n) is 3.90. The first kappa shape index (κ1) is 8.88. The maximum Gasteiger partial charge on any atom is 0.203 e. The molecule has 0 saturated carbocycles. The molecule has 13 heavy (non-hydrogen) atoms. The Morgan fingerprint density at radius 1 is 1.69 bits per heavy atom. The van der Waals surface area contributed by atoms with Crippen LogP contribution in [0.4, 0.5) is 5.95 Å². The second kappa shape index (κ2) is 3.22. The number of nitrogens with one attached hydrogen (secondary N) is 1. The maximum atomic E-state index is 5.99. The van der Waals surface area contributed by atoms with Crippen molar-refractivity contribution >= 4 is 17.5 Å². The number of halogens is 1. The lowest BCUT2D eigenvalue weighted by Crippen LogP contribution is -2.30. The Hall–Kier alpha value is -0.700. The number of imidazole rings is 1. The summed E-state index contributed by atoms with van der Waals surface area (Å²) in [4.78, 5) is 4.17. The van der Waals surface area contributed by atoms with E-state index in [1.165, 1.54) is 0 Å². The minimum Gasteiger partial charge on any atom is -0.355 e. The van der Waals surface area contributed by atoms with Crippen LogP contribution < -0.4 is 5.32 Å². The van der Waals surface area contributed by atoms with E-state index >= 15 is 0 Å². The van der Waals surface area contributed by atoms with Gasteiger partial charge in [-0.25, -0.2) is 4.98 Å². The van der Waals surface area contributed by atoms with E-state index in [-0.39, 0.29) is 0 Å². The minimum atomic E-state index is 0.652. The van der Waals surface area contributed by atoms with E-state index in [0.717, 1.165) is 24.2 Å². The lowest BCUT2D eigenvalue weighted by atomic mass is 9.95. The molecule has 0 spiro atoms. The molecule has 1 unspecified atom stereocenters. The van der Waals surface area contributed by atoms with Gasteiger partial charge in [0, 0.05) is 13.1 Å². The molecule has 0 radical (unpaired) electrons. The molecule has 72 valence electrons. The van der Waals surface area contributed by atoms with Crippen LogP contribution in [-0.4, -0.2) is 16.1 Å². The number of aromatic nitrogens is 2. The molecule has 2 rings (SSSR count). The van der Waals surface area contributed by atoms with Gasteiger partial charge in [0.2, 0.25) is 5.95 Å². The van der Waals surface area contributed by atoms with E-state index in [9.17, 15) is 0 Å². The van der Waals surface area contributed by atoms with Crippen LogP contribution in [0, 0.1) is 11.8 Å². The maximum absolute atomic E-state index is 5.99. The number of rotatable bonds is 1. The molecule has 0 aliphatic carbocycles. The fraction of sp³-hybridized carbons (Fsp3) is 0.667. The molecule has 2 heterocycles. The van der Waals surface area contributed by atoms with E-state index in [2.05, 4.69) is 24.1 Å². The summed E-state index contributed by atoms with van der Waals surface area (Å²) in [6.07, 6.45) is 1.70. The summed E-state index contributed by atoms with van der Waals surface area (Å²) >= 11 is 5.99. The molecule has 1 N–H and O–H groups in total. The molecule has 0 saturated heterocycles. The minimum absolute atomic E-state index is 0.652. The van der Waals surface area contributed by atoms with E-state index in [1.807, 2.05) is 4.57 Å². The fourth-order valence-electron chi connectivity index (χ4n) is 1.64. The summed E-state index contributed by atoms with van der Waals surface area (Å²) < 4.78 is 2.04. The lowest BCUT2D eigenvalue weighted by molar-refractivity contribution is 0.337. The van der Waals surface area contributed by atoms with E-state index in [4.69, 9.17) is 11.6 Å². The third kappa shape index (κ3) is 1.53. The molecule has 4 heteroatoms. The molecule has 0 aromatic carbocycles. The average molecular weight is 200 g/mol. The Morgan fingerprint density at radius 2 is 2.46 bits per heavy atom. The van der Waals surface area contributed by atoms with Crippen molar-refractivity contribution in [2.24, 2.45) is 11.8 Å². The largest absolute Gasteiger partial charge is 0.355 e. The third-order valence-corrected chi connectivity index (χ3v) is 2.99. The molecule has 1 aromatic heterocycles. The first-order valence-electron chi connectivity index (χ1n) is 4.63. The van der Waals surface area contributed by atoms with Crippen LogP contribution in [0.2, 0.25) is 5.15 Å². The molecular formula is C9H14ClN3. The Labute approximate surface area is 83.1 Å². The molecule has 0 bridgehead atoms.